The van der Waals surface area contributed by atoms with Crippen molar-refractivity contribution in [2.75, 3.05) is 26.9 Å². The fourth-order valence-corrected chi connectivity index (χ4v) is 4.50. The molecule has 176 valence electrons. The molecule has 0 saturated carbocycles. The Bertz CT molecular complexity index is 1230. The molecule has 1 aliphatic rings. The minimum absolute atomic E-state index is 0.0376. The van der Waals surface area contributed by atoms with Crippen molar-refractivity contribution < 1.29 is 19.0 Å². The number of hydrogen-bond donors (Lipinski definition) is 0. The Labute approximate surface area is 193 Å². The molecule has 0 amide bonds. The number of nitrogens with zero attached hydrogens (tertiary/aromatic N) is 2. The maximum atomic E-state index is 12.9. The van der Waals surface area contributed by atoms with E-state index in [4.69, 9.17) is 14.2 Å². The molecule has 0 saturated heterocycles. The molecule has 7 nitrogen and oxygen atoms in total. The third-order valence-corrected chi connectivity index (χ3v) is 6.18. The van der Waals surface area contributed by atoms with Gasteiger partial charge in [-0.2, -0.15) is 0 Å². The molecule has 7 heteroatoms. The van der Waals surface area contributed by atoms with Gasteiger partial charge in [-0.15, -0.1) is 0 Å². The van der Waals surface area contributed by atoms with Crippen LogP contribution in [0.25, 0.3) is 22.3 Å². The Hall–Kier alpha value is -3.06. The lowest BCUT2D eigenvalue weighted by atomic mass is 9.85. The van der Waals surface area contributed by atoms with Crippen molar-refractivity contribution in [2.45, 2.75) is 46.7 Å². The van der Waals surface area contributed by atoms with Gasteiger partial charge in [0.25, 0.3) is 0 Å². The van der Waals surface area contributed by atoms with Gasteiger partial charge in [0.2, 0.25) is 0 Å². The Balaban J connectivity index is 1.87. The normalized spacial score (nSPS) is 15.2. The monoisotopic (exact) mass is 452 g/mol. The lowest BCUT2D eigenvalue weighted by molar-refractivity contribution is 0.0522. The van der Waals surface area contributed by atoms with Crippen molar-refractivity contribution >= 4 is 16.9 Å². The fourth-order valence-electron chi connectivity index (χ4n) is 4.50. The summed E-state index contributed by atoms with van der Waals surface area (Å²) >= 11 is 0. The highest BCUT2D eigenvalue weighted by atomic mass is 16.5. The van der Waals surface area contributed by atoms with Gasteiger partial charge in [-0.1, -0.05) is 26.8 Å². The van der Waals surface area contributed by atoms with Gasteiger partial charge in [-0.3, -0.25) is 4.79 Å². The van der Waals surface area contributed by atoms with Crippen LogP contribution in [0.1, 0.15) is 50.5 Å². The summed E-state index contributed by atoms with van der Waals surface area (Å²) in [5, 5.41) is 1.01. The molecule has 0 aliphatic carbocycles. The van der Waals surface area contributed by atoms with Crippen LogP contribution in [0.3, 0.4) is 0 Å². The standard InChI is InChI=1S/C26H32N2O5/c1-6-32-25(30)18-15-28-21(14-22(18)29)20-13-17-19(27(20)16-24(28)26(2,3)4)9-7-10-23(17)33-12-8-11-31-5/h7,9-10,13-15,24H,6,8,11-12,16H2,1-5H3. The maximum absolute atomic E-state index is 12.9. The number of esters is 1. The highest BCUT2D eigenvalue weighted by Crippen LogP contribution is 2.43. The Morgan fingerprint density at radius 2 is 1.94 bits per heavy atom. The Morgan fingerprint density at radius 1 is 1.15 bits per heavy atom. The number of pyridine rings is 1. The fraction of sp³-hybridized carbons (Fsp3) is 0.462. The van der Waals surface area contributed by atoms with Crippen molar-refractivity contribution in [1.82, 2.24) is 9.13 Å². The van der Waals surface area contributed by atoms with E-state index in [1.54, 1.807) is 26.3 Å². The third-order valence-electron chi connectivity index (χ3n) is 6.18. The van der Waals surface area contributed by atoms with E-state index in [2.05, 4.69) is 42.0 Å². The number of ether oxygens (including phenoxy) is 3. The van der Waals surface area contributed by atoms with Crippen molar-refractivity contribution in [1.29, 1.82) is 0 Å². The molecular weight excluding hydrogens is 420 g/mol. The van der Waals surface area contributed by atoms with Crippen LogP contribution in [0.15, 0.2) is 41.3 Å². The lowest BCUT2D eigenvalue weighted by Crippen LogP contribution is -2.35. The van der Waals surface area contributed by atoms with Gasteiger partial charge in [0.15, 0.2) is 5.43 Å². The van der Waals surface area contributed by atoms with Crippen LogP contribution in [0.4, 0.5) is 0 Å². The summed E-state index contributed by atoms with van der Waals surface area (Å²) in [6, 6.07) is 9.73. The van der Waals surface area contributed by atoms with Crippen LogP contribution in [-0.4, -0.2) is 42.0 Å². The van der Waals surface area contributed by atoms with Crippen molar-refractivity contribution in [3.05, 3.63) is 52.3 Å². The van der Waals surface area contributed by atoms with E-state index >= 15 is 0 Å². The molecule has 1 unspecified atom stereocenters. The van der Waals surface area contributed by atoms with Crippen LogP contribution in [0.5, 0.6) is 5.75 Å². The number of carbonyl (C=O) groups is 1. The summed E-state index contributed by atoms with van der Waals surface area (Å²) in [6.45, 7) is 10.4. The second-order valence-corrected chi connectivity index (χ2v) is 9.47. The van der Waals surface area contributed by atoms with Gasteiger partial charge in [-0.05, 0) is 30.5 Å². The average Bonchev–Trinajstić information content (AvgIpc) is 3.15. The number of methoxy groups -OCH3 is 1. The molecule has 1 atom stereocenters. The molecule has 0 fully saturated rings. The van der Waals surface area contributed by atoms with E-state index in [0.29, 0.717) is 19.8 Å². The van der Waals surface area contributed by atoms with Crippen LogP contribution in [0, 0.1) is 5.41 Å². The number of aromatic nitrogens is 2. The minimum atomic E-state index is -0.580. The first kappa shape index (κ1) is 23.1. The molecule has 0 N–H and O–H groups in total. The highest BCUT2D eigenvalue weighted by molar-refractivity contribution is 5.93. The molecule has 1 aromatic carbocycles. The summed E-state index contributed by atoms with van der Waals surface area (Å²) in [5.41, 5.74) is 2.42. The van der Waals surface area contributed by atoms with Crippen LogP contribution in [-0.2, 0) is 16.0 Å². The Morgan fingerprint density at radius 3 is 2.64 bits per heavy atom. The molecule has 0 spiro atoms. The third kappa shape index (κ3) is 4.29. The molecule has 0 radical (unpaired) electrons. The predicted octanol–water partition coefficient (Wildman–Crippen LogP) is 4.66. The second kappa shape index (κ2) is 9.06. The lowest BCUT2D eigenvalue weighted by Gasteiger charge is -2.39. The first-order valence-corrected chi connectivity index (χ1v) is 11.4. The Kier molecular flexibility index (Phi) is 6.34. The van der Waals surface area contributed by atoms with Crippen molar-refractivity contribution in [3.63, 3.8) is 0 Å². The first-order valence-electron chi connectivity index (χ1n) is 11.4. The highest BCUT2D eigenvalue weighted by Gasteiger charge is 2.34. The van der Waals surface area contributed by atoms with Gasteiger partial charge < -0.3 is 23.3 Å². The van der Waals surface area contributed by atoms with Gasteiger partial charge in [-0.25, -0.2) is 4.79 Å². The van der Waals surface area contributed by atoms with Gasteiger partial charge in [0, 0.05) is 44.3 Å². The van der Waals surface area contributed by atoms with Crippen molar-refractivity contribution in [3.8, 4) is 17.1 Å². The maximum Gasteiger partial charge on any atom is 0.343 e. The zero-order chi connectivity index (χ0) is 23.8. The topological polar surface area (TPSA) is 71.7 Å². The summed E-state index contributed by atoms with van der Waals surface area (Å²) < 4.78 is 20.6. The molecule has 3 aromatic rings. The molecule has 1 aliphatic heterocycles. The van der Waals surface area contributed by atoms with Gasteiger partial charge in [0.05, 0.1) is 36.2 Å². The number of fused-ring (bicyclic) bond motifs is 5. The molecule has 2 aromatic heterocycles. The molecule has 0 bridgehead atoms. The summed E-state index contributed by atoms with van der Waals surface area (Å²) in [7, 11) is 1.68. The number of hydrogen-bond acceptors (Lipinski definition) is 5. The van der Waals surface area contributed by atoms with Gasteiger partial charge >= 0.3 is 5.97 Å². The number of benzene rings is 1. The van der Waals surface area contributed by atoms with Crippen LogP contribution < -0.4 is 10.2 Å². The van der Waals surface area contributed by atoms with E-state index in [-0.39, 0.29) is 29.1 Å². The second-order valence-electron chi connectivity index (χ2n) is 9.47. The van der Waals surface area contributed by atoms with Crippen LogP contribution >= 0.6 is 0 Å². The smallest absolute Gasteiger partial charge is 0.343 e. The number of rotatable bonds is 7. The summed E-state index contributed by atoms with van der Waals surface area (Å²) in [5.74, 6) is 0.234. The quantitative estimate of drug-likeness (QED) is 0.385. The number of carbonyl (C=O) groups excluding carboxylic acids is 1. The minimum Gasteiger partial charge on any atom is -0.493 e. The predicted molar refractivity (Wildman–Crippen MR) is 128 cm³/mol. The van der Waals surface area contributed by atoms with Crippen LogP contribution in [0.2, 0.25) is 0 Å². The van der Waals surface area contributed by atoms with Gasteiger partial charge in [0.1, 0.15) is 11.3 Å². The summed E-state index contributed by atoms with van der Waals surface area (Å²) in [6.07, 6.45) is 2.48. The van der Waals surface area contributed by atoms with E-state index < -0.39 is 5.97 Å². The molecule has 3 heterocycles. The van der Waals surface area contributed by atoms with E-state index in [0.717, 1.165) is 34.5 Å². The summed E-state index contributed by atoms with van der Waals surface area (Å²) in [4.78, 5) is 25.3. The van der Waals surface area contributed by atoms with E-state index in [1.807, 2.05) is 12.1 Å². The zero-order valence-electron chi connectivity index (χ0n) is 20.0. The zero-order valence-corrected chi connectivity index (χ0v) is 20.0. The first-order chi connectivity index (χ1) is 15.8. The average molecular weight is 453 g/mol. The molecular formula is C26H32N2O5. The molecule has 4 rings (SSSR count). The van der Waals surface area contributed by atoms with E-state index in [9.17, 15) is 9.59 Å². The van der Waals surface area contributed by atoms with Crippen molar-refractivity contribution in [2.24, 2.45) is 5.41 Å². The SMILES string of the molecule is CCOC(=O)c1cn2c(cc1=O)-c1cc3c(OCCCOC)cccc3n1CC2C(C)(C)C. The molecule has 33 heavy (non-hydrogen) atoms. The largest absolute Gasteiger partial charge is 0.493 e. The van der Waals surface area contributed by atoms with E-state index in [1.165, 1.54) is 0 Å².